The Hall–Kier alpha value is -0.920. The monoisotopic (exact) mass is 100 g/mol. The summed E-state index contributed by atoms with van der Waals surface area (Å²) in [6, 6.07) is 0. The minimum Gasteiger partial charge on any atom is -0.505 e. The molecule has 0 aromatic carbocycles. The van der Waals surface area contributed by atoms with Crippen molar-refractivity contribution in [2.45, 2.75) is 0 Å². The first-order valence-electron chi connectivity index (χ1n) is 1.79. The van der Waals surface area contributed by atoms with Crippen molar-refractivity contribution in [2.75, 3.05) is 7.11 Å². The minimum atomic E-state index is -0.123. The van der Waals surface area contributed by atoms with Gasteiger partial charge in [0.2, 0.25) is 0 Å². The highest BCUT2D eigenvalue weighted by Crippen LogP contribution is 1.97. The van der Waals surface area contributed by atoms with Gasteiger partial charge in [0.1, 0.15) is 5.76 Å². The molecule has 2 heteroatoms. The highest BCUT2D eigenvalue weighted by molar-refractivity contribution is 5.09. The van der Waals surface area contributed by atoms with Crippen molar-refractivity contribution in [3.8, 4) is 0 Å². The van der Waals surface area contributed by atoms with Crippen LogP contribution in [0.15, 0.2) is 24.7 Å². The lowest BCUT2D eigenvalue weighted by molar-refractivity contribution is 0.259. The van der Waals surface area contributed by atoms with Crippen molar-refractivity contribution >= 4 is 0 Å². The molecule has 40 valence electrons. The zero-order chi connectivity index (χ0) is 5.86. The van der Waals surface area contributed by atoms with Crippen LogP contribution in [-0.2, 0) is 4.74 Å². The first-order valence-corrected chi connectivity index (χ1v) is 1.79. The first-order chi connectivity index (χ1) is 3.18. The Bertz CT molecular complexity index is 94.3. The third-order valence-corrected chi connectivity index (χ3v) is 0.568. The average Bonchev–Trinajstić information content (AvgIpc) is 1.65. The molecule has 0 aromatic rings. The fourth-order valence-electron chi connectivity index (χ4n) is 0.118. The van der Waals surface area contributed by atoms with E-state index >= 15 is 0 Å². The maximum atomic E-state index is 8.40. The van der Waals surface area contributed by atoms with E-state index in [-0.39, 0.29) is 11.5 Å². The standard InChI is InChI=1S/C5H8O2/c1-4(6)5(2)7-3/h6H,1-2H2,3H3. The van der Waals surface area contributed by atoms with Crippen LogP contribution < -0.4 is 0 Å². The molecule has 0 aromatic heterocycles. The van der Waals surface area contributed by atoms with Crippen LogP contribution in [0.1, 0.15) is 0 Å². The molecule has 0 amide bonds. The molecule has 0 atom stereocenters. The average molecular weight is 100 g/mol. The molecular weight excluding hydrogens is 92.1 g/mol. The first kappa shape index (κ1) is 6.08. The van der Waals surface area contributed by atoms with Crippen LogP contribution in [-0.4, -0.2) is 12.2 Å². The summed E-state index contributed by atoms with van der Waals surface area (Å²) in [5, 5.41) is 8.40. The van der Waals surface area contributed by atoms with E-state index in [1.807, 2.05) is 0 Å². The molecule has 0 rings (SSSR count). The second-order valence-electron chi connectivity index (χ2n) is 1.07. The fraction of sp³-hybridized carbons (Fsp3) is 0.200. The lowest BCUT2D eigenvalue weighted by atomic mass is 10.5. The van der Waals surface area contributed by atoms with Gasteiger partial charge in [-0.25, -0.2) is 0 Å². The van der Waals surface area contributed by atoms with Crippen LogP contribution in [0.25, 0.3) is 0 Å². The summed E-state index contributed by atoms with van der Waals surface area (Å²) in [7, 11) is 1.42. The van der Waals surface area contributed by atoms with Gasteiger partial charge in [0.05, 0.1) is 7.11 Å². The highest BCUT2D eigenvalue weighted by Gasteiger charge is 1.89. The van der Waals surface area contributed by atoms with E-state index in [2.05, 4.69) is 17.9 Å². The van der Waals surface area contributed by atoms with Gasteiger partial charge in [-0.15, -0.1) is 0 Å². The van der Waals surface area contributed by atoms with E-state index in [1.54, 1.807) is 0 Å². The van der Waals surface area contributed by atoms with E-state index in [9.17, 15) is 0 Å². The van der Waals surface area contributed by atoms with Crippen LogP contribution in [0.4, 0.5) is 0 Å². The second kappa shape index (κ2) is 2.29. The number of ether oxygens (including phenoxy) is 1. The Morgan fingerprint density at radius 1 is 1.57 bits per heavy atom. The third-order valence-electron chi connectivity index (χ3n) is 0.568. The number of aliphatic hydroxyl groups is 1. The van der Waals surface area contributed by atoms with Gasteiger partial charge >= 0.3 is 0 Å². The van der Waals surface area contributed by atoms with Crippen molar-refractivity contribution in [3.63, 3.8) is 0 Å². The summed E-state index contributed by atoms with van der Waals surface area (Å²) >= 11 is 0. The molecule has 0 fully saturated rings. The Kier molecular flexibility index (Phi) is 1.99. The molecule has 0 aliphatic heterocycles. The third kappa shape index (κ3) is 1.87. The second-order valence-corrected chi connectivity index (χ2v) is 1.07. The molecule has 1 N–H and O–H groups in total. The predicted molar refractivity (Wildman–Crippen MR) is 27.9 cm³/mol. The number of aliphatic hydroxyl groups excluding tert-OH is 1. The Morgan fingerprint density at radius 3 is 2.00 bits per heavy atom. The predicted octanol–water partition coefficient (Wildman–Crippen LogP) is 1.22. The van der Waals surface area contributed by atoms with E-state index in [0.29, 0.717) is 0 Å². The van der Waals surface area contributed by atoms with Gasteiger partial charge in [-0.1, -0.05) is 13.2 Å². The molecule has 0 aliphatic rings. The summed E-state index contributed by atoms with van der Waals surface area (Å²) in [6.07, 6.45) is 0. The number of rotatable bonds is 2. The lowest BCUT2D eigenvalue weighted by Crippen LogP contribution is -1.85. The molecule has 2 nitrogen and oxygen atoms in total. The largest absolute Gasteiger partial charge is 0.505 e. The Labute approximate surface area is 42.7 Å². The zero-order valence-electron chi connectivity index (χ0n) is 4.27. The Morgan fingerprint density at radius 2 is 2.00 bits per heavy atom. The Balaban J connectivity index is 3.58. The molecule has 0 unspecified atom stereocenters. The molecule has 0 saturated heterocycles. The van der Waals surface area contributed by atoms with Crippen molar-refractivity contribution in [1.82, 2.24) is 0 Å². The van der Waals surface area contributed by atoms with Gasteiger partial charge in [0, 0.05) is 0 Å². The maximum Gasteiger partial charge on any atom is 0.152 e. The quantitative estimate of drug-likeness (QED) is 0.417. The normalized spacial score (nSPS) is 7.57. The van der Waals surface area contributed by atoms with Gasteiger partial charge in [-0.2, -0.15) is 0 Å². The smallest absolute Gasteiger partial charge is 0.152 e. The topological polar surface area (TPSA) is 29.5 Å². The van der Waals surface area contributed by atoms with E-state index < -0.39 is 0 Å². The number of hydrogen-bond acceptors (Lipinski definition) is 2. The molecular formula is C5H8O2. The molecule has 0 aliphatic carbocycles. The summed E-state index contributed by atoms with van der Waals surface area (Å²) in [4.78, 5) is 0. The fourth-order valence-corrected chi connectivity index (χ4v) is 0.118. The van der Waals surface area contributed by atoms with Crippen LogP contribution in [0, 0.1) is 0 Å². The molecule has 0 radical (unpaired) electrons. The molecule has 7 heavy (non-hydrogen) atoms. The van der Waals surface area contributed by atoms with E-state index in [1.165, 1.54) is 7.11 Å². The van der Waals surface area contributed by atoms with Crippen molar-refractivity contribution in [1.29, 1.82) is 0 Å². The van der Waals surface area contributed by atoms with Gasteiger partial charge in [-0.3, -0.25) is 0 Å². The van der Waals surface area contributed by atoms with Gasteiger partial charge in [-0.05, 0) is 0 Å². The van der Waals surface area contributed by atoms with Crippen LogP contribution in [0.2, 0.25) is 0 Å². The summed E-state index contributed by atoms with van der Waals surface area (Å²) < 4.78 is 4.47. The van der Waals surface area contributed by atoms with Crippen molar-refractivity contribution < 1.29 is 9.84 Å². The number of methoxy groups -OCH3 is 1. The summed E-state index contributed by atoms with van der Waals surface area (Å²) in [5.74, 6) is 0.0856. The van der Waals surface area contributed by atoms with Gasteiger partial charge in [0.25, 0.3) is 0 Å². The van der Waals surface area contributed by atoms with Crippen molar-refractivity contribution in [3.05, 3.63) is 24.7 Å². The van der Waals surface area contributed by atoms with Crippen LogP contribution >= 0.6 is 0 Å². The summed E-state index contributed by atoms with van der Waals surface area (Å²) in [6.45, 7) is 6.46. The SMILES string of the molecule is C=C(O)C(=C)OC. The maximum absolute atomic E-state index is 8.40. The molecule has 0 bridgehead atoms. The van der Waals surface area contributed by atoms with Gasteiger partial charge < -0.3 is 9.84 Å². The molecule has 0 spiro atoms. The number of hydrogen-bond donors (Lipinski definition) is 1. The molecule has 0 saturated carbocycles. The summed E-state index contributed by atoms with van der Waals surface area (Å²) in [5.41, 5.74) is 0. The lowest BCUT2D eigenvalue weighted by Gasteiger charge is -1.97. The zero-order valence-corrected chi connectivity index (χ0v) is 4.27. The molecule has 0 heterocycles. The minimum absolute atomic E-state index is 0.123. The van der Waals surface area contributed by atoms with Crippen molar-refractivity contribution in [2.24, 2.45) is 0 Å². The van der Waals surface area contributed by atoms with E-state index in [4.69, 9.17) is 5.11 Å². The van der Waals surface area contributed by atoms with E-state index in [0.717, 1.165) is 0 Å². The highest BCUT2D eigenvalue weighted by atomic mass is 16.5. The van der Waals surface area contributed by atoms with Crippen LogP contribution in [0.3, 0.4) is 0 Å². The van der Waals surface area contributed by atoms with Crippen LogP contribution in [0.5, 0.6) is 0 Å². The van der Waals surface area contributed by atoms with Gasteiger partial charge in [0.15, 0.2) is 5.76 Å².